The van der Waals surface area contributed by atoms with E-state index in [0.717, 1.165) is 0 Å². The highest BCUT2D eigenvalue weighted by atomic mass is 16.6. The normalized spacial score (nSPS) is 28.3. The quantitative estimate of drug-likeness (QED) is 0.412. The summed E-state index contributed by atoms with van der Waals surface area (Å²) < 4.78 is 6.54. The number of aliphatic hydroxyl groups excluding tert-OH is 3. The van der Waals surface area contributed by atoms with Crippen LogP contribution < -0.4 is 5.56 Å². The predicted molar refractivity (Wildman–Crippen MR) is 77.1 cm³/mol. The zero-order valence-corrected chi connectivity index (χ0v) is 12.5. The average Bonchev–Trinajstić information content (AvgIpc) is 3.09. The molecule has 1 aliphatic heterocycles. The highest BCUT2D eigenvalue weighted by molar-refractivity contribution is 5.73. The standard InChI is InChI=1S/C13H16N4O7/c1-2-4-15-10-5(11(21)16-4)14-3-17(10)12-7(19)6(18)9(24-12)8(20)13(22)23/h3,6-9,12,18-20H,2H2,1H3,(H,22,23)(H,15,16,21)/t6-,7+,8?,9-,12+/m0/s1. The number of carboxylic acid groups (broad SMARTS) is 1. The first-order valence-electron chi connectivity index (χ1n) is 7.23. The summed E-state index contributed by atoms with van der Waals surface area (Å²) in [4.78, 5) is 33.5. The van der Waals surface area contributed by atoms with E-state index in [4.69, 9.17) is 9.84 Å². The number of aliphatic hydroxyl groups is 3. The lowest BCUT2D eigenvalue weighted by atomic mass is 10.1. The first-order chi connectivity index (χ1) is 11.3. The first-order valence-corrected chi connectivity index (χ1v) is 7.23. The van der Waals surface area contributed by atoms with Gasteiger partial charge in [-0.2, -0.15) is 0 Å². The monoisotopic (exact) mass is 340 g/mol. The molecule has 3 rings (SSSR count). The van der Waals surface area contributed by atoms with Gasteiger partial charge in [-0.15, -0.1) is 0 Å². The molecule has 130 valence electrons. The van der Waals surface area contributed by atoms with Crippen LogP contribution in [-0.2, 0) is 16.0 Å². The van der Waals surface area contributed by atoms with Gasteiger partial charge < -0.3 is 30.1 Å². The van der Waals surface area contributed by atoms with Gasteiger partial charge in [0.05, 0.1) is 6.33 Å². The van der Waals surface area contributed by atoms with E-state index in [1.54, 1.807) is 6.92 Å². The van der Waals surface area contributed by atoms with Crippen LogP contribution in [-0.4, -0.2) is 70.3 Å². The number of imidazole rings is 1. The highest BCUT2D eigenvalue weighted by Crippen LogP contribution is 2.32. The molecule has 0 aromatic carbocycles. The number of carboxylic acids is 1. The largest absolute Gasteiger partial charge is 0.479 e. The molecular formula is C13H16N4O7. The van der Waals surface area contributed by atoms with Gasteiger partial charge in [-0.25, -0.2) is 14.8 Å². The molecule has 0 radical (unpaired) electrons. The Kier molecular flexibility index (Phi) is 4.09. The van der Waals surface area contributed by atoms with Gasteiger partial charge >= 0.3 is 5.97 Å². The molecule has 0 spiro atoms. The Morgan fingerprint density at radius 2 is 2.17 bits per heavy atom. The summed E-state index contributed by atoms with van der Waals surface area (Å²) in [5.41, 5.74) is -0.331. The summed E-state index contributed by atoms with van der Waals surface area (Å²) >= 11 is 0. The summed E-state index contributed by atoms with van der Waals surface area (Å²) in [6.45, 7) is 1.79. The molecule has 24 heavy (non-hydrogen) atoms. The van der Waals surface area contributed by atoms with Crippen LogP contribution >= 0.6 is 0 Å². The number of fused-ring (bicyclic) bond motifs is 1. The number of aryl methyl sites for hydroxylation is 1. The molecular weight excluding hydrogens is 324 g/mol. The van der Waals surface area contributed by atoms with Crippen LogP contribution in [0.4, 0.5) is 0 Å². The number of aromatic nitrogens is 4. The maximum Gasteiger partial charge on any atom is 0.335 e. The molecule has 0 saturated carbocycles. The summed E-state index contributed by atoms with van der Waals surface area (Å²) in [7, 11) is 0. The summed E-state index contributed by atoms with van der Waals surface area (Å²) in [5.74, 6) is -1.20. The minimum atomic E-state index is -2.02. The molecule has 0 bridgehead atoms. The van der Waals surface area contributed by atoms with Crippen LogP contribution in [0.5, 0.6) is 0 Å². The van der Waals surface area contributed by atoms with Crippen molar-refractivity contribution in [3.05, 3.63) is 22.5 Å². The van der Waals surface area contributed by atoms with Crippen molar-refractivity contribution in [3.8, 4) is 0 Å². The second-order valence-corrected chi connectivity index (χ2v) is 5.45. The third-order valence-corrected chi connectivity index (χ3v) is 3.93. The maximum atomic E-state index is 12.0. The van der Waals surface area contributed by atoms with Gasteiger partial charge in [0.15, 0.2) is 23.5 Å². The number of ether oxygens (including phenoxy) is 1. The number of H-pyrrole nitrogens is 1. The first kappa shape index (κ1) is 16.5. The van der Waals surface area contributed by atoms with Crippen LogP contribution in [0, 0.1) is 0 Å². The number of nitrogens with zero attached hydrogens (tertiary/aromatic N) is 3. The van der Waals surface area contributed by atoms with Gasteiger partial charge in [0, 0.05) is 6.42 Å². The fourth-order valence-electron chi connectivity index (χ4n) is 2.64. The van der Waals surface area contributed by atoms with E-state index in [-0.39, 0.29) is 11.2 Å². The third kappa shape index (κ3) is 2.47. The molecule has 1 aliphatic rings. The second-order valence-electron chi connectivity index (χ2n) is 5.45. The van der Waals surface area contributed by atoms with Crippen LogP contribution in [0.25, 0.3) is 11.2 Å². The lowest BCUT2D eigenvalue weighted by Crippen LogP contribution is -2.42. The number of aromatic amines is 1. The van der Waals surface area contributed by atoms with Crippen molar-refractivity contribution in [2.75, 3.05) is 0 Å². The Bertz CT molecular complexity index is 831. The van der Waals surface area contributed by atoms with Gasteiger partial charge in [0.1, 0.15) is 24.1 Å². The Morgan fingerprint density at radius 3 is 2.79 bits per heavy atom. The summed E-state index contributed by atoms with van der Waals surface area (Å²) in [5, 5.41) is 38.5. The van der Waals surface area contributed by atoms with Crippen LogP contribution in [0.15, 0.2) is 11.1 Å². The highest BCUT2D eigenvalue weighted by Gasteiger charge is 2.49. The van der Waals surface area contributed by atoms with Crippen molar-refractivity contribution in [1.29, 1.82) is 0 Å². The topological polar surface area (TPSA) is 171 Å². The number of rotatable bonds is 4. The molecule has 1 unspecified atom stereocenters. The van der Waals surface area contributed by atoms with Gasteiger partial charge in [-0.05, 0) is 0 Å². The van der Waals surface area contributed by atoms with E-state index in [0.29, 0.717) is 12.2 Å². The molecule has 5 atom stereocenters. The molecule has 0 aliphatic carbocycles. The number of hydrogen-bond donors (Lipinski definition) is 5. The fourth-order valence-corrected chi connectivity index (χ4v) is 2.64. The van der Waals surface area contributed by atoms with Crippen molar-refractivity contribution in [3.63, 3.8) is 0 Å². The maximum absolute atomic E-state index is 12.0. The SMILES string of the molecule is CCc1nc2c(ncn2[C@@H]2O[C@H](C(O)C(=O)O)[C@@H](O)[C@H]2O)c(=O)[nH]1. The molecule has 5 N–H and O–H groups in total. The number of aliphatic carboxylic acids is 1. The van der Waals surface area contributed by atoms with Gasteiger partial charge in [0.2, 0.25) is 0 Å². The summed E-state index contributed by atoms with van der Waals surface area (Å²) in [6, 6.07) is 0. The van der Waals surface area contributed by atoms with Crippen molar-refractivity contribution in [1.82, 2.24) is 19.5 Å². The Hall–Kier alpha value is -2.34. The minimum absolute atomic E-state index is 0.0136. The van der Waals surface area contributed by atoms with E-state index in [1.165, 1.54) is 10.9 Å². The summed E-state index contributed by atoms with van der Waals surface area (Å²) in [6.07, 6.45) is -6.32. The number of hydrogen-bond acceptors (Lipinski definition) is 8. The number of carbonyl (C=O) groups is 1. The zero-order valence-electron chi connectivity index (χ0n) is 12.5. The Balaban J connectivity index is 2.03. The van der Waals surface area contributed by atoms with Gasteiger partial charge in [0.25, 0.3) is 5.56 Å². The number of nitrogens with one attached hydrogen (secondary N) is 1. The lowest BCUT2D eigenvalue weighted by Gasteiger charge is -2.17. The van der Waals surface area contributed by atoms with E-state index < -0.39 is 42.2 Å². The molecule has 3 heterocycles. The van der Waals surface area contributed by atoms with Gasteiger partial charge in [-0.3, -0.25) is 9.36 Å². The van der Waals surface area contributed by atoms with Gasteiger partial charge in [-0.1, -0.05) is 6.92 Å². The zero-order chi connectivity index (χ0) is 17.6. The smallest absolute Gasteiger partial charge is 0.335 e. The minimum Gasteiger partial charge on any atom is -0.479 e. The van der Waals surface area contributed by atoms with Crippen LogP contribution in [0.2, 0.25) is 0 Å². The second kappa shape index (κ2) is 5.94. The van der Waals surface area contributed by atoms with E-state index in [9.17, 15) is 24.9 Å². The van der Waals surface area contributed by atoms with Crippen molar-refractivity contribution < 1.29 is 30.0 Å². The van der Waals surface area contributed by atoms with Crippen molar-refractivity contribution in [2.24, 2.45) is 0 Å². The fraction of sp³-hybridized carbons (Fsp3) is 0.538. The molecule has 1 saturated heterocycles. The molecule has 2 aromatic rings. The van der Waals surface area contributed by atoms with E-state index in [2.05, 4.69) is 15.0 Å². The van der Waals surface area contributed by atoms with E-state index in [1.807, 2.05) is 0 Å². The molecule has 2 aromatic heterocycles. The van der Waals surface area contributed by atoms with E-state index >= 15 is 0 Å². The molecule has 0 amide bonds. The van der Waals surface area contributed by atoms with Crippen LogP contribution in [0.1, 0.15) is 19.0 Å². The van der Waals surface area contributed by atoms with Crippen molar-refractivity contribution >= 4 is 17.1 Å². The Labute approximate surface area is 134 Å². The predicted octanol–water partition coefficient (Wildman–Crippen LogP) is -2.25. The Morgan fingerprint density at radius 1 is 1.46 bits per heavy atom. The van der Waals surface area contributed by atoms with Crippen LogP contribution in [0.3, 0.4) is 0 Å². The molecule has 11 nitrogen and oxygen atoms in total. The lowest BCUT2D eigenvalue weighted by molar-refractivity contribution is -0.160. The molecule has 11 heteroatoms. The van der Waals surface area contributed by atoms with Crippen molar-refractivity contribution in [2.45, 2.75) is 44.0 Å². The average molecular weight is 340 g/mol. The molecule has 1 fully saturated rings. The third-order valence-electron chi connectivity index (χ3n) is 3.93.